The van der Waals surface area contributed by atoms with Crippen molar-refractivity contribution in [3.8, 4) is 5.88 Å². The molecule has 0 spiro atoms. The molecule has 1 aromatic heterocycles. The van der Waals surface area contributed by atoms with Gasteiger partial charge in [-0.3, -0.25) is 4.79 Å². The number of rotatable bonds is 4. The highest BCUT2D eigenvalue weighted by atomic mass is 16.5. The molecule has 1 unspecified atom stereocenters. The van der Waals surface area contributed by atoms with Crippen molar-refractivity contribution in [3.05, 3.63) is 23.9 Å². The number of hydrogen-bond acceptors (Lipinski definition) is 5. The van der Waals surface area contributed by atoms with E-state index in [-0.39, 0.29) is 24.7 Å². The molecule has 1 saturated heterocycles. The van der Waals surface area contributed by atoms with Gasteiger partial charge in [0.1, 0.15) is 6.10 Å². The van der Waals surface area contributed by atoms with Crippen molar-refractivity contribution < 1.29 is 24.2 Å². The van der Waals surface area contributed by atoms with Gasteiger partial charge in [0.2, 0.25) is 5.88 Å². The lowest BCUT2D eigenvalue weighted by Gasteiger charge is -2.34. The Bertz CT molecular complexity index is 598. The van der Waals surface area contributed by atoms with Crippen LogP contribution in [-0.4, -0.2) is 58.3 Å². The minimum atomic E-state index is -1.06. The summed E-state index contributed by atoms with van der Waals surface area (Å²) < 4.78 is 11.1. The number of hydrogen-bond donors (Lipinski definition) is 1. The van der Waals surface area contributed by atoms with E-state index in [4.69, 9.17) is 14.6 Å². The summed E-state index contributed by atoms with van der Waals surface area (Å²) in [5, 5.41) is 9.11. The summed E-state index contributed by atoms with van der Waals surface area (Å²) in [5.41, 5.74) is 0.423. The first kappa shape index (κ1) is 16.7. The Morgan fingerprint density at radius 2 is 2.04 bits per heavy atom. The molecule has 1 aliphatic heterocycles. The maximum atomic E-state index is 12.6. The Morgan fingerprint density at radius 1 is 1.29 bits per heavy atom. The molecule has 0 aromatic carbocycles. The number of aromatic nitrogens is 1. The van der Waals surface area contributed by atoms with E-state index in [2.05, 4.69) is 4.98 Å². The van der Waals surface area contributed by atoms with Gasteiger partial charge in [-0.25, -0.2) is 9.78 Å². The number of carboxylic acids is 1. The Kier molecular flexibility index (Phi) is 4.99. The van der Waals surface area contributed by atoms with E-state index in [0.717, 1.165) is 12.8 Å². The molecule has 130 valence electrons. The average molecular weight is 334 g/mol. The number of nitrogens with zero attached hydrogens (tertiary/aromatic N) is 2. The number of morpholine rings is 1. The van der Waals surface area contributed by atoms with Gasteiger partial charge in [-0.2, -0.15) is 0 Å². The molecule has 1 aromatic rings. The van der Waals surface area contributed by atoms with Crippen molar-refractivity contribution in [3.63, 3.8) is 0 Å². The zero-order valence-corrected chi connectivity index (χ0v) is 13.7. The summed E-state index contributed by atoms with van der Waals surface area (Å²) in [7, 11) is 0. The third kappa shape index (κ3) is 3.84. The van der Waals surface area contributed by atoms with Crippen LogP contribution in [0.4, 0.5) is 0 Å². The monoisotopic (exact) mass is 334 g/mol. The fourth-order valence-electron chi connectivity index (χ4n) is 3.19. The predicted molar refractivity (Wildman–Crippen MR) is 85.0 cm³/mol. The molecule has 0 bridgehead atoms. The van der Waals surface area contributed by atoms with Gasteiger partial charge < -0.3 is 19.5 Å². The van der Waals surface area contributed by atoms with Gasteiger partial charge in [0.05, 0.1) is 18.2 Å². The Balaban J connectivity index is 1.64. The summed E-state index contributed by atoms with van der Waals surface area (Å²) in [6.07, 6.45) is 4.85. The molecule has 1 N–H and O–H groups in total. The van der Waals surface area contributed by atoms with Gasteiger partial charge in [0, 0.05) is 18.8 Å². The third-order valence-electron chi connectivity index (χ3n) is 4.40. The van der Waals surface area contributed by atoms with Crippen molar-refractivity contribution in [1.82, 2.24) is 9.88 Å². The van der Waals surface area contributed by atoms with Crippen molar-refractivity contribution in [2.45, 2.75) is 50.9 Å². The van der Waals surface area contributed by atoms with Gasteiger partial charge in [-0.15, -0.1) is 0 Å². The molecule has 2 heterocycles. The Morgan fingerprint density at radius 3 is 2.67 bits per heavy atom. The van der Waals surface area contributed by atoms with Crippen LogP contribution < -0.4 is 4.74 Å². The lowest BCUT2D eigenvalue weighted by Crippen LogP contribution is -2.51. The summed E-state index contributed by atoms with van der Waals surface area (Å²) in [6, 6.07) is 3.37. The number of carbonyl (C=O) groups excluding carboxylic acids is 1. The van der Waals surface area contributed by atoms with E-state index < -0.39 is 12.1 Å². The number of amides is 1. The standard InChI is InChI=1S/C17H22N2O5/c1-11-9-19(10-14(23-11)17(21)22)16(20)12-6-7-15(18-8-12)24-13-4-2-3-5-13/h6-8,11,13-14H,2-5,9-10H2,1H3,(H,21,22)/t11-,14?/m1/s1. The summed E-state index contributed by atoms with van der Waals surface area (Å²) in [6.45, 7) is 2.16. The van der Waals surface area contributed by atoms with E-state index in [0.29, 0.717) is 18.0 Å². The first-order valence-electron chi connectivity index (χ1n) is 8.33. The van der Waals surface area contributed by atoms with Gasteiger partial charge in [-0.05, 0) is 38.7 Å². The van der Waals surface area contributed by atoms with Crippen LogP contribution in [0.25, 0.3) is 0 Å². The normalized spacial score (nSPS) is 24.8. The van der Waals surface area contributed by atoms with Crippen LogP contribution >= 0.6 is 0 Å². The van der Waals surface area contributed by atoms with E-state index in [1.165, 1.54) is 23.9 Å². The maximum Gasteiger partial charge on any atom is 0.334 e. The first-order valence-corrected chi connectivity index (χ1v) is 8.33. The van der Waals surface area contributed by atoms with Crippen LogP contribution in [0.2, 0.25) is 0 Å². The smallest absolute Gasteiger partial charge is 0.334 e. The maximum absolute atomic E-state index is 12.6. The molecule has 1 saturated carbocycles. The van der Waals surface area contributed by atoms with Gasteiger partial charge in [-0.1, -0.05) is 0 Å². The zero-order chi connectivity index (χ0) is 17.1. The molecule has 3 rings (SSSR count). The minimum Gasteiger partial charge on any atom is -0.479 e. The van der Waals surface area contributed by atoms with Gasteiger partial charge in [0.25, 0.3) is 5.91 Å². The molecule has 24 heavy (non-hydrogen) atoms. The number of carbonyl (C=O) groups is 2. The summed E-state index contributed by atoms with van der Waals surface area (Å²) >= 11 is 0. The van der Waals surface area contributed by atoms with Crippen LogP contribution in [0.1, 0.15) is 43.0 Å². The van der Waals surface area contributed by atoms with Crippen LogP contribution in [0, 0.1) is 0 Å². The lowest BCUT2D eigenvalue weighted by molar-refractivity contribution is -0.160. The van der Waals surface area contributed by atoms with Crippen LogP contribution in [-0.2, 0) is 9.53 Å². The Hall–Kier alpha value is -2.15. The van der Waals surface area contributed by atoms with E-state index in [1.54, 1.807) is 19.1 Å². The zero-order valence-electron chi connectivity index (χ0n) is 13.7. The fraction of sp³-hybridized carbons (Fsp3) is 0.588. The Labute approximate surface area is 140 Å². The molecule has 0 radical (unpaired) electrons. The SMILES string of the molecule is C[C@@H]1CN(C(=O)c2ccc(OC3CCCC3)nc2)CC(C(=O)O)O1. The summed E-state index contributed by atoms with van der Waals surface area (Å²) in [4.78, 5) is 29.4. The minimum absolute atomic E-state index is 0.0405. The molecule has 2 atom stereocenters. The molecule has 1 amide bonds. The average Bonchev–Trinajstić information content (AvgIpc) is 3.07. The second kappa shape index (κ2) is 7.17. The van der Waals surface area contributed by atoms with Crippen LogP contribution in [0.15, 0.2) is 18.3 Å². The predicted octanol–water partition coefficient (Wildman–Crippen LogP) is 1.72. The second-order valence-electron chi connectivity index (χ2n) is 6.39. The topological polar surface area (TPSA) is 89.0 Å². The number of ether oxygens (including phenoxy) is 2. The largest absolute Gasteiger partial charge is 0.479 e. The van der Waals surface area contributed by atoms with E-state index in [9.17, 15) is 9.59 Å². The molecular weight excluding hydrogens is 312 g/mol. The van der Waals surface area contributed by atoms with Crippen molar-refractivity contribution >= 4 is 11.9 Å². The molecular formula is C17H22N2O5. The fourth-order valence-corrected chi connectivity index (χ4v) is 3.19. The van der Waals surface area contributed by atoms with E-state index in [1.807, 2.05) is 0 Å². The number of aliphatic carboxylic acids is 1. The first-order chi connectivity index (χ1) is 11.5. The highest BCUT2D eigenvalue weighted by molar-refractivity contribution is 5.94. The highest BCUT2D eigenvalue weighted by Gasteiger charge is 2.33. The van der Waals surface area contributed by atoms with Crippen molar-refractivity contribution in [2.75, 3.05) is 13.1 Å². The van der Waals surface area contributed by atoms with Crippen LogP contribution in [0.3, 0.4) is 0 Å². The van der Waals surface area contributed by atoms with Gasteiger partial charge in [0.15, 0.2) is 6.10 Å². The number of carboxylic acid groups (broad SMARTS) is 1. The quantitative estimate of drug-likeness (QED) is 0.902. The summed E-state index contributed by atoms with van der Waals surface area (Å²) in [5.74, 6) is -0.772. The molecule has 1 aliphatic carbocycles. The highest BCUT2D eigenvalue weighted by Crippen LogP contribution is 2.23. The van der Waals surface area contributed by atoms with Crippen molar-refractivity contribution in [2.24, 2.45) is 0 Å². The molecule has 2 aliphatic rings. The lowest BCUT2D eigenvalue weighted by atomic mass is 10.1. The number of pyridine rings is 1. The second-order valence-corrected chi connectivity index (χ2v) is 6.39. The van der Waals surface area contributed by atoms with E-state index >= 15 is 0 Å². The third-order valence-corrected chi connectivity index (χ3v) is 4.40. The van der Waals surface area contributed by atoms with Gasteiger partial charge >= 0.3 is 5.97 Å². The van der Waals surface area contributed by atoms with Crippen LogP contribution in [0.5, 0.6) is 5.88 Å². The molecule has 7 nitrogen and oxygen atoms in total. The molecule has 2 fully saturated rings. The van der Waals surface area contributed by atoms with Crippen molar-refractivity contribution in [1.29, 1.82) is 0 Å². The molecule has 7 heteroatoms.